The third-order valence-electron chi connectivity index (χ3n) is 5.14. The van der Waals surface area contributed by atoms with Crippen LogP contribution in [-0.4, -0.2) is 54.6 Å². The predicted octanol–water partition coefficient (Wildman–Crippen LogP) is 3.09. The fraction of sp³-hybridized carbons (Fsp3) is 0.381. The Labute approximate surface area is 191 Å². The number of carbonyl (C=O) groups is 2. The van der Waals surface area contributed by atoms with Crippen molar-refractivity contribution < 1.29 is 36.3 Å². The molecule has 0 unspecified atom stereocenters. The van der Waals surface area contributed by atoms with Crippen LogP contribution >= 0.6 is 0 Å². The Balaban J connectivity index is 1.80. The highest BCUT2D eigenvalue weighted by Gasteiger charge is 2.42. The molecule has 1 aliphatic rings. The van der Waals surface area contributed by atoms with Crippen molar-refractivity contribution in [2.45, 2.75) is 24.2 Å². The summed E-state index contributed by atoms with van der Waals surface area (Å²) in [5, 5.41) is 4.53. The van der Waals surface area contributed by atoms with E-state index in [-0.39, 0.29) is 18.0 Å². The molecule has 8 nitrogen and oxygen atoms in total. The van der Waals surface area contributed by atoms with E-state index in [0.717, 1.165) is 23.1 Å². The van der Waals surface area contributed by atoms with Gasteiger partial charge in [-0.2, -0.15) is 13.2 Å². The lowest BCUT2D eigenvalue weighted by atomic mass is 10.0. The third-order valence-corrected chi connectivity index (χ3v) is 5.14. The second kappa shape index (κ2) is 9.89. The Kier molecular flexibility index (Phi) is 7.36. The maximum Gasteiger partial charge on any atom is 0.416 e. The van der Waals surface area contributed by atoms with E-state index in [2.05, 4.69) is 15.6 Å². The molecule has 0 aliphatic carbocycles. The molecular weight excluding hydrogens is 465 g/mol. The molecular formula is C21H22F5N5O3. The normalized spacial score (nSPS) is 17.6. The molecule has 13 heteroatoms. The maximum absolute atomic E-state index is 13.9. The Morgan fingerprint density at radius 2 is 2.03 bits per heavy atom. The highest BCUT2D eigenvalue weighted by molar-refractivity contribution is 5.94. The van der Waals surface area contributed by atoms with E-state index in [0.29, 0.717) is 5.56 Å². The molecule has 2 atom stereocenters. The van der Waals surface area contributed by atoms with Crippen LogP contribution in [0.15, 0.2) is 42.6 Å². The van der Waals surface area contributed by atoms with Gasteiger partial charge in [0.1, 0.15) is 11.9 Å². The van der Waals surface area contributed by atoms with Crippen LogP contribution in [0.25, 0.3) is 0 Å². The first kappa shape index (κ1) is 25.3. The standard InChI is InChI=1S/C21H22F5N5O3/c1-34-9-15(31-11-20(22,23)10-29-19(31)33)12-5-6-28-16(8-12)30-18(32)17(27)13-3-2-4-14(7-13)21(24,25)26/h2-8,15,17H,9-11,27H2,1H3,(H,29,33)(H,28,30,32)/t15-,17+/m1/s1. The van der Waals surface area contributed by atoms with Gasteiger partial charge in [0.25, 0.3) is 5.92 Å². The largest absolute Gasteiger partial charge is 0.416 e. The zero-order valence-corrected chi connectivity index (χ0v) is 17.9. The number of aromatic nitrogens is 1. The molecule has 0 saturated carbocycles. The fourth-order valence-corrected chi connectivity index (χ4v) is 3.45. The molecule has 1 saturated heterocycles. The molecule has 2 aromatic rings. The van der Waals surface area contributed by atoms with Gasteiger partial charge < -0.3 is 26.0 Å². The molecule has 0 bridgehead atoms. The number of anilines is 1. The monoisotopic (exact) mass is 487 g/mol. The van der Waals surface area contributed by atoms with Crippen LogP contribution in [0.5, 0.6) is 0 Å². The average molecular weight is 487 g/mol. The van der Waals surface area contributed by atoms with Crippen LogP contribution in [0, 0.1) is 0 Å². The molecule has 3 amide bonds. The Bertz CT molecular complexity index is 1050. The van der Waals surface area contributed by atoms with Gasteiger partial charge in [-0.1, -0.05) is 12.1 Å². The van der Waals surface area contributed by atoms with Crippen LogP contribution in [0.4, 0.5) is 32.6 Å². The Morgan fingerprint density at radius 3 is 2.71 bits per heavy atom. The molecule has 184 valence electrons. The number of benzene rings is 1. The first-order valence-electron chi connectivity index (χ1n) is 10.0. The summed E-state index contributed by atoms with van der Waals surface area (Å²) in [6, 6.07) is 3.80. The number of hydrogen-bond acceptors (Lipinski definition) is 5. The van der Waals surface area contributed by atoms with Crippen molar-refractivity contribution in [2.75, 3.05) is 32.1 Å². The second-order valence-electron chi connectivity index (χ2n) is 7.68. The smallest absolute Gasteiger partial charge is 0.382 e. The topological polar surface area (TPSA) is 110 Å². The number of pyridine rings is 1. The molecule has 3 rings (SSSR count). The van der Waals surface area contributed by atoms with Gasteiger partial charge in [-0.05, 0) is 35.4 Å². The molecule has 2 heterocycles. The molecule has 1 aromatic carbocycles. The van der Waals surface area contributed by atoms with Gasteiger partial charge in [0.2, 0.25) is 5.91 Å². The van der Waals surface area contributed by atoms with Crippen LogP contribution in [0.2, 0.25) is 0 Å². The summed E-state index contributed by atoms with van der Waals surface area (Å²) in [6.45, 7) is -1.74. The van der Waals surface area contributed by atoms with Crippen molar-refractivity contribution in [1.82, 2.24) is 15.2 Å². The molecule has 1 fully saturated rings. The van der Waals surface area contributed by atoms with E-state index >= 15 is 0 Å². The summed E-state index contributed by atoms with van der Waals surface area (Å²) >= 11 is 0. The number of amides is 3. The van der Waals surface area contributed by atoms with E-state index in [1.165, 1.54) is 31.5 Å². The first-order chi connectivity index (χ1) is 15.9. The van der Waals surface area contributed by atoms with Crippen LogP contribution in [0.3, 0.4) is 0 Å². The van der Waals surface area contributed by atoms with Gasteiger partial charge in [-0.3, -0.25) is 4.79 Å². The highest BCUT2D eigenvalue weighted by Crippen LogP contribution is 2.31. The first-order valence-corrected chi connectivity index (χ1v) is 10.0. The number of ether oxygens (including phenoxy) is 1. The van der Waals surface area contributed by atoms with Crippen LogP contribution in [0.1, 0.15) is 28.8 Å². The van der Waals surface area contributed by atoms with E-state index < -0.39 is 54.8 Å². The number of nitrogens with zero attached hydrogens (tertiary/aromatic N) is 2. The van der Waals surface area contributed by atoms with E-state index in [4.69, 9.17) is 10.5 Å². The van der Waals surface area contributed by atoms with E-state index in [9.17, 15) is 31.5 Å². The van der Waals surface area contributed by atoms with Crippen molar-refractivity contribution in [1.29, 1.82) is 0 Å². The molecule has 4 N–H and O–H groups in total. The van der Waals surface area contributed by atoms with Crippen molar-refractivity contribution in [3.63, 3.8) is 0 Å². The van der Waals surface area contributed by atoms with Gasteiger partial charge >= 0.3 is 12.2 Å². The molecule has 1 aromatic heterocycles. The lowest BCUT2D eigenvalue weighted by molar-refractivity contribution is -0.137. The Morgan fingerprint density at radius 1 is 1.29 bits per heavy atom. The van der Waals surface area contributed by atoms with Crippen molar-refractivity contribution >= 4 is 17.8 Å². The maximum atomic E-state index is 13.9. The molecule has 0 radical (unpaired) electrons. The van der Waals surface area contributed by atoms with Gasteiger partial charge in [0.05, 0.1) is 31.3 Å². The summed E-state index contributed by atoms with van der Waals surface area (Å²) in [7, 11) is 1.34. The van der Waals surface area contributed by atoms with E-state index in [1.807, 2.05) is 0 Å². The zero-order chi connectivity index (χ0) is 25.1. The lowest BCUT2D eigenvalue weighted by Gasteiger charge is -2.38. The second-order valence-corrected chi connectivity index (χ2v) is 7.68. The number of hydrogen-bond donors (Lipinski definition) is 3. The van der Waals surface area contributed by atoms with Gasteiger partial charge in [-0.15, -0.1) is 0 Å². The van der Waals surface area contributed by atoms with Crippen molar-refractivity contribution in [3.05, 3.63) is 59.3 Å². The number of urea groups is 1. The Hall–Kier alpha value is -3.32. The minimum absolute atomic E-state index is 0.0322. The number of nitrogens with one attached hydrogen (secondary N) is 2. The summed E-state index contributed by atoms with van der Waals surface area (Å²) < 4.78 is 71.7. The summed E-state index contributed by atoms with van der Waals surface area (Å²) in [4.78, 5) is 29.7. The van der Waals surface area contributed by atoms with E-state index in [1.54, 1.807) is 0 Å². The number of carbonyl (C=O) groups excluding carboxylic acids is 2. The minimum Gasteiger partial charge on any atom is -0.382 e. The third kappa shape index (κ3) is 5.97. The quantitative estimate of drug-likeness (QED) is 0.520. The lowest BCUT2D eigenvalue weighted by Crippen LogP contribution is -2.58. The predicted molar refractivity (Wildman–Crippen MR) is 111 cm³/mol. The van der Waals surface area contributed by atoms with Gasteiger partial charge in [0.15, 0.2) is 0 Å². The number of methoxy groups -OCH3 is 1. The highest BCUT2D eigenvalue weighted by atomic mass is 19.4. The van der Waals surface area contributed by atoms with Crippen LogP contribution < -0.4 is 16.4 Å². The summed E-state index contributed by atoms with van der Waals surface area (Å²) in [5.74, 6) is -4.02. The van der Waals surface area contributed by atoms with Gasteiger partial charge in [0, 0.05) is 13.3 Å². The molecule has 0 spiro atoms. The number of halogens is 5. The average Bonchev–Trinajstić information content (AvgIpc) is 2.78. The SMILES string of the molecule is COC[C@H](c1ccnc(NC(=O)[C@@H](N)c2cccc(C(F)(F)F)c2)c1)N1CC(F)(F)CNC1=O. The van der Waals surface area contributed by atoms with Gasteiger partial charge in [-0.25, -0.2) is 18.6 Å². The van der Waals surface area contributed by atoms with Crippen molar-refractivity contribution in [2.24, 2.45) is 5.73 Å². The summed E-state index contributed by atoms with van der Waals surface area (Å²) in [5.41, 5.74) is 5.16. The number of alkyl halides is 5. The minimum atomic E-state index is -4.60. The van der Waals surface area contributed by atoms with Crippen LogP contribution in [-0.2, 0) is 15.7 Å². The zero-order valence-electron chi connectivity index (χ0n) is 17.9. The number of rotatable bonds is 7. The molecule has 34 heavy (non-hydrogen) atoms. The van der Waals surface area contributed by atoms with Crippen molar-refractivity contribution in [3.8, 4) is 0 Å². The number of nitrogens with two attached hydrogens (primary N) is 1. The molecule has 1 aliphatic heterocycles. The summed E-state index contributed by atoms with van der Waals surface area (Å²) in [6.07, 6.45) is -3.32. The fourth-order valence-electron chi connectivity index (χ4n) is 3.45.